The van der Waals surface area contributed by atoms with Crippen molar-refractivity contribution in [3.8, 4) is 11.4 Å². The maximum Gasteiger partial charge on any atom is 0.344 e. The van der Waals surface area contributed by atoms with Crippen LogP contribution in [-0.2, 0) is 9.59 Å². The molecule has 10 nitrogen and oxygen atoms in total. The van der Waals surface area contributed by atoms with Crippen molar-refractivity contribution in [1.29, 1.82) is 0 Å². The van der Waals surface area contributed by atoms with Crippen LogP contribution in [0.3, 0.4) is 0 Å². The molecule has 3 aliphatic rings. The number of hydrogen-bond donors (Lipinski definition) is 2. The molecule has 1 aliphatic carbocycles. The van der Waals surface area contributed by atoms with Crippen LogP contribution in [0, 0.1) is 11.7 Å². The molecular formula is C24H29FN6O4. The van der Waals surface area contributed by atoms with Crippen LogP contribution >= 0.6 is 0 Å². The maximum absolute atomic E-state index is 13.5. The van der Waals surface area contributed by atoms with E-state index < -0.39 is 17.5 Å². The molecular weight excluding hydrogens is 455 g/mol. The average molecular weight is 485 g/mol. The summed E-state index contributed by atoms with van der Waals surface area (Å²) in [5.41, 5.74) is 2.13. The van der Waals surface area contributed by atoms with Gasteiger partial charge in [0.15, 0.2) is 0 Å². The fourth-order valence-electron chi connectivity index (χ4n) is 5.23. The highest BCUT2D eigenvalue weighted by molar-refractivity contribution is 6.08. The molecule has 0 bridgehead atoms. The van der Waals surface area contributed by atoms with E-state index in [0.29, 0.717) is 49.1 Å². The maximum atomic E-state index is 13.5. The minimum Gasteiger partial charge on any atom is -0.339 e. The molecule has 11 heteroatoms. The summed E-state index contributed by atoms with van der Waals surface area (Å²) in [6.45, 7) is 3.37. The molecule has 2 aromatic rings. The highest BCUT2D eigenvalue weighted by Gasteiger charge is 2.53. The molecule has 186 valence electrons. The van der Waals surface area contributed by atoms with Crippen LogP contribution in [0.5, 0.6) is 0 Å². The monoisotopic (exact) mass is 484 g/mol. The van der Waals surface area contributed by atoms with E-state index in [1.54, 1.807) is 12.1 Å². The molecule has 35 heavy (non-hydrogen) atoms. The Bertz CT molecular complexity index is 1130. The van der Waals surface area contributed by atoms with Gasteiger partial charge in [-0.15, -0.1) is 0 Å². The van der Waals surface area contributed by atoms with Crippen LogP contribution in [0.1, 0.15) is 57.3 Å². The summed E-state index contributed by atoms with van der Waals surface area (Å²) in [7, 11) is 0. The highest BCUT2D eigenvalue weighted by Crippen LogP contribution is 2.36. The number of rotatable bonds is 5. The number of carbonyl (C=O) groups is 3. The summed E-state index contributed by atoms with van der Waals surface area (Å²) in [4.78, 5) is 44.5. The van der Waals surface area contributed by atoms with Gasteiger partial charge in [0, 0.05) is 12.1 Å². The fourth-order valence-corrected chi connectivity index (χ4v) is 5.23. The second-order valence-corrected chi connectivity index (χ2v) is 9.91. The van der Waals surface area contributed by atoms with E-state index in [1.807, 2.05) is 4.90 Å². The lowest BCUT2D eigenvalue weighted by Crippen LogP contribution is -2.53. The average Bonchev–Trinajstić information content (AvgIpc) is 3.42. The van der Waals surface area contributed by atoms with Gasteiger partial charge in [-0.3, -0.25) is 19.9 Å². The zero-order valence-electron chi connectivity index (χ0n) is 19.6. The zero-order chi connectivity index (χ0) is 24.6. The van der Waals surface area contributed by atoms with Crippen molar-refractivity contribution in [2.24, 2.45) is 5.92 Å². The highest BCUT2D eigenvalue weighted by atomic mass is 19.1. The molecule has 2 aliphatic heterocycles. The Hall–Kier alpha value is -3.34. The number of hydrogen-bond acceptors (Lipinski definition) is 7. The second-order valence-electron chi connectivity index (χ2n) is 9.91. The number of piperidine rings is 1. The first kappa shape index (κ1) is 23.4. The predicted molar refractivity (Wildman–Crippen MR) is 122 cm³/mol. The van der Waals surface area contributed by atoms with E-state index in [0.717, 1.165) is 30.7 Å². The lowest BCUT2D eigenvalue weighted by atomic mass is 9.77. The van der Waals surface area contributed by atoms with Crippen LogP contribution in [-0.4, -0.2) is 63.1 Å². The molecule has 1 unspecified atom stereocenters. The minimum atomic E-state index is -0.898. The topological polar surface area (TPSA) is 121 Å². The van der Waals surface area contributed by atoms with Crippen molar-refractivity contribution < 1.29 is 23.3 Å². The molecule has 0 radical (unpaired) electrons. The number of hydrazine groups is 1. The number of urea groups is 1. The first-order valence-corrected chi connectivity index (χ1v) is 12.1. The molecule has 5 rings (SSSR count). The Kier molecular flexibility index (Phi) is 6.26. The number of aromatic nitrogens is 2. The summed E-state index contributed by atoms with van der Waals surface area (Å²) in [6, 6.07) is 5.42. The fraction of sp³-hybridized carbons (Fsp3) is 0.542. The molecule has 1 aromatic heterocycles. The van der Waals surface area contributed by atoms with Gasteiger partial charge in [0.1, 0.15) is 11.4 Å². The Morgan fingerprint density at radius 3 is 2.86 bits per heavy atom. The van der Waals surface area contributed by atoms with E-state index in [-0.39, 0.29) is 24.2 Å². The standard InChI is InChI=1S/C24H29FN6O4/c1-15-7-9-24(10-8-15)22(33)31(23(34)27-24)28-19(32)14-30-11-3-5-17(13-30)21-26-20(29-35-21)16-4-2-6-18(25)12-16/h2,4,6,12,15,17H,3,5,7-11,13-14H2,1H3,(H,27,34)(H,28,32). The Morgan fingerprint density at radius 1 is 1.29 bits per heavy atom. The lowest BCUT2D eigenvalue weighted by Gasteiger charge is -2.33. The number of nitrogens with zero attached hydrogens (tertiary/aromatic N) is 4. The van der Waals surface area contributed by atoms with Crippen molar-refractivity contribution in [3.05, 3.63) is 36.0 Å². The minimum absolute atomic E-state index is 0.0302. The summed E-state index contributed by atoms with van der Waals surface area (Å²) in [6.07, 6.45) is 4.53. The number of halogens is 1. The van der Waals surface area contributed by atoms with Gasteiger partial charge in [0.2, 0.25) is 11.7 Å². The van der Waals surface area contributed by atoms with Crippen molar-refractivity contribution in [2.75, 3.05) is 19.6 Å². The molecule has 2 N–H and O–H groups in total. The molecule has 2 saturated heterocycles. The number of benzene rings is 1. The van der Waals surface area contributed by atoms with E-state index in [2.05, 4.69) is 27.8 Å². The van der Waals surface area contributed by atoms with Crippen molar-refractivity contribution in [2.45, 2.75) is 56.9 Å². The zero-order valence-corrected chi connectivity index (χ0v) is 19.6. The molecule has 3 fully saturated rings. The third-order valence-electron chi connectivity index (χ3n) is 7.27. The Balaban J connectivity index is 1.18. The summed E-state index contributed by atoms with van der Waals surface area (Å²) in [5, 5.41) is 7.62. The quantitative estimate of drug-likeness (QED) is 0.626. The van der Waals surface area contributed by atoms with Gasteiger partial charge >= 0.3 is 6.03 Å². The van der Waals surface area contributed by atoms with Crippen molar-refractivity contribution in [1.82, 2.24) is 30.8 Å². The lowest BCUT2D eigenvalue weighted by molar-refractivity contribution is -0.140. The van der Waals surface area contributed by atoms with E-state index in [4.69, 9.17) is 4.52 Å². The van der Waals surface area contributed by atoms with Gasteiger partial charge in [0.25, 0.3) is 11.8 Å². The van der Waals surface area contributed by atoms with Crippen LogP contribution in [0.4, 0.5) is 9.18 Å². The summed E-state index contributed by atoms with van der Waals surface area (Å²) < 4.78 is 19.0. The van der Waals surface area contributed by atoms with Gasteiger partial charge in [-0.05, 0) is 63.1 Å². The third-order valence-corrected chi connectivity index (χ3v) is 7.27. The van der Waals surface area contributed by atoms with E-state index in [1.165, 1.54) is 12.1 Å². The number of carbonyl (C=O) groups excluding carboxylic acids is 3. The van der Waals surface area contributed by atoms with E-state index in [9.17, 15) is 18.8 Å². The van der Waals surface area contributed by atoms with Crippen molar-refractivity contribution in [3.63, 3.8) is 0 Å². The van der Waals surface area contributed by atoms with Crippen LogP contribution < -0.4 is 10.7 Å². The van der Waals surface area contributed by atoms with Gasteiger partial charge in [-0.1, -0.05) is 24.2 Å². The SMILES string of the molecule is CC1CCC2(CC1)NC(=O)N(NC(=O)CN1CCCC(c3nc(-c4cccc(F)c4)no3)C1)C2=O. The predicted octanol–water partition coefficient (Wildman–Crippen LogP) is 2.59. The van der Waals surface area contributed by atoms with E-state index >= 15 is 0 Å². The number of amides is 4. The first-order valence-electron chi connectivity index (χ1n) is 12.1. The molecule has 3 heterocycles. The van der Waals surface area contributed by atoms with Gasteiger partial charge in [0.05, 0.1) is 12.5 Å². The van der Waals surface area contributed by atoms with Crippen molar-refractivity contribution >= 4 is 17.8 Å². The third kappa shape index (κ3) is 4.77. The number of imide groups is 1. The number of nitrogens with one attached hydrogen (secondary N) is 2. The normalized spacial score (nSPS) is 27.3. The molecule has 4 amide bonds. The Labute approximate surface area is 202 Å². The van der Waals surface area contributed by atoms with Crippen LogP contribution in [0.25, 0.3) is 11.4 Å². The van der Waals surface area contributed by atoms with Crippen LogP contribution in [0.15, 0.2) is 28.8 Å². The van der Waals surface area contributed by atoms with Gasteiger partial charge in [-0.25, -0.2) is 9.18 Å². The van der Waals surface area contributed by atoms with Crippen LogP contribution in [0.2, 0.25) is 0 Å². The summed E-state index contributed by atoms with van der Waals surface area (Å²) in [5.74, 6) is 0.0190. The van der Waals surface area contributed by atoms with Gasteiger partial charge in [-0.2, -0.15) is 9.99 Å². The largest absolute Gasteiger partial charge is 0.344 e. The number of likely N-dealkylation sites (tertiary alicyclic amines) is 1. The molecule has 1 spiro atoms. The molecule has 1 aromatic carbocycles. The molecule has 1 saturated carbocycles. The Morgan fingerprint density at radius 2 is 2.09 bits per heavy atom. The second kappa shape index (κ2) is 9.37. The smallest absolute Gasteiger partial charge is 0.339 e. The first-order chi connectivity index (χ1) is 16.8. The summed E-state index contributed by atoms with van der Waals surface area (Å²) >= 11 is 0. The molecule has 1 atom stereocenters. The van der Waals surface area contributed by atoms with Gasteiger partial charge < -0.3 is 9.84 Å².